The molecule has 0 atom stereocenters. The van der Waals surface area contributed by atoms with E-state index in [1.807, 2.05) is 37.4 Å². The van der Waals surface area contributed by atoms with Crippen molar-refractivity contribution in [3.05, 3.63) is 75.7 Å². The van der Waals surface area contributed by atoms with E-state index in [0.717, 1.165) is 21.2 Å². The number of nitrogens with one attached hydrogen (secondary N) is 2. The van der Waals surface area contributed by atoms with E-state index in [0.29, 0.717) is 11.3 Å². The van der Waals surface area contributed by atoms with Crippen LogP contribution in [0.1, 0.15) is 26.6 Å². The molecular formula is C21H23N3O3S3. The molecule has 0 radical (unpaired) electrons. The lowest BCUT2D eigenvalue weighted by atomic mass is 10.2. The molecule has 0 saturated carbocycles. The number of benzene rings is 2. The Kier molecular flexibility index (Phi) is 7.65. The summed E-state index contributed by atoms with van der Waals surface area (Å²) in [5, 5.41) is 5.82. The molecule has 2 aromatic carbocycles. The van der Waals surface area contributed by atoms with Crippen molar-refractivity contribution in [1.82, 2.24) is 15.0 Å². The Bertz CT molecular complexity index is 1110. The summed E-state index contributed by atoms with van der Waals surface area (Å²) in [5.74, 6) is 0.451. The SMILES string of the molecule is Cc1ccc(S(=O)(=O)NCCNC(=O)c2ccccc2SCc2csc(C)n2)cc1. The van der Waals surface area contributed by atoms with Crippen LogP contribution in [0.25, 0.3) is 0 Å². The number of amides is 1. The number of rotatable bonds is 9. The molecule has 0 spiro atoms. The Morgan fingerprint density at radius 1 is 1.07 bits per heavy atom. The highest BCUT2D eigenvalue weighted by molar-refractivity contribution is 7.98. The van der Waals surface area contributed by atoms with Crippen molar-refractivity contribution in [2.45, 2.75) is 29.4 Å². The summed E-state index contributed by atoms with van der Waals surface area (Å²) >= 11 is 3.16. The lowest BCUT2D eigenvalue weighted by molar-refractivity contribution is 0.0951. The molecule has 1 aromatic heterocycles. The Labute approximate surface area is 185 Å². The first-order valence-electron chi connectivity index (χ1n) is 9.32. The fourth-order valence-corrected chi connectivity index (χ4v) is 5.36. The van der Waals surface area contributed by atoms with E-state index in [9.17, 15) is 13.2 Å². The monoisotopic (exact) mass is 461 g/mol. The van der Waals surface area contributed by atoms with Crippen LogP contribution in [-0.2, 0) is 15.8 Å². The second-order valence-corrected chi connectivity index (χ2v) is 10.5. The van der Waals surface area contributed by atoms with E-state index in [-0.39, 0.29) is 23.9 Å². The van der Waals surface area contributed by atoms with Crippen LogP contribution in [-0.4, -0.2) is 32.4 Å². The number of carbonyl (C=O) groups is 1. The van der Waals surface area contributed by atoms with Crippen LogP contribution >= 0.6 is 23.1 Å². The largest absolute Gasteiger partial charge is 0.351 e. The van der Waals surface area contributed by atoms with Gasteiger partial charge in [0.15, 0.2) is 0 Å². The van der Waals surface area contributed by atoms with Crippen molar-refractivity contribution >= 4 is 39.0 Å². The number of thiazole rings is 1. The number of sulfonamides is 1. The molecule has 3 rings (SSSR count). The van der Waals surface area contributed by atoms with Gasteiger partial charge in [-0.25, -0.2) is 18.1 Å². The summed E-state index contributed by atoms with van der Waals surface area (Å²) < 4.78 is 27.1. The highest BCUT2D eigenvalue weighted by Gasteiger charge is 2.14. The van der Waals surface area contributed by atoms with Crippen molar-refractivity contribution < 1.29 is 13.2 Å². The number of hydrogen-bond acceptors (Lipinski definition) is 6. The van der Waals surface area contributed by atoms with Gasteiger partial charge >= 0.3 is 0 Å². The summed E-state index contributed by atoms with van der Waals surface area (Å²) in [6, 6.07) is 14.0. The third kappa shape index (κ3) is 6.15. The van der Waals surface area contributed by atoms with Crippen molar-refractivity contribution in [1.29, 1.82) is 0 Å². The third-order valence-electron chi connectivity index (χ3n) is 4.21. The quantitative estimate of drug-likeness (QED) is 0.374. The molecule has 2 N–H and O–H groups in total. The minimum Gasteiger partial charge on any atom is -0.351 e. The van der Waals surface area contributed by atoms with Gasteiger partial charge in [-0.1, -0.05) is 29.8 Å². The predicted molar refractivity (Wildman–Crippen MR) is 122 cm³/mol. The number of thioether (sulfide) groups is 1. The predicted octanol–water partition coefficient (Wildman–Crippen LogP) is 3.76. The van der Waals surface area contributed by atoms with Gasteiger partial charge in [0.25, 0.3) is 5.91 Å². The maximum Gasteiger partial charge on any atom is 0.252 e. The molecule has 1 amide bonds. The topological polar surface area (TPSA) is 88.2 Å². The molecule has 0 aliphatic heterocycles. The molecule has 0 aliphatic carbocycles. The van der Waals surface area contributed by atoms with Gasteiger partial charge in [-0.05, 0) is 38.1 Å². The van der Waals surface area contributed by atoms with E-state index in [2.05, 4.69) is 15.0 Å². The summed E-state index contributed by atoms with van der Waals surface area (Å²) in [6.45, 7) is 4.16. The molecule has 158 valence electrons. The molecule has 0 fully saturated rings. The van der Waals surface area contributed by atoms with Crippen LogP contribution in [0.15, 0.2) is 63.7 Å². The second-order valence-electron chi connectivity index (χ2n) is 6.61. The smallest absolute Gasteiger partial charge is 0.252 e. The first kappa shape index (κ1) is 22.5. The van der Waals surface area contributed by atoms with Gasteiger partial charge in [0.2, 0.25) is 10.0 Å². The summed E-state index contributed by atoms with van der Waals surface area (Å²) in [6.07, 6.45) is 0. The van der Waals surface area contributed by atoms with E-state index >= 15 is 0 Å². The molecule has 1 heterocycles. The zero-order chi connectivity index (χ0) is 21.6. The highest BCUT2D eigenvalue weighted by atomic mass is 32.2. The Balaban J connectivity index is 1.53. The molecule has 3 aromatic rings. The van der Waals surface area contributed by atoms with Crippen molar-refractivity contribution in [2.75, 3.05) is 13.1 Å². The Morgan fingerprint density at radius 2 is 1.80 bits per heavy atom. The van der Waals surface area contributed by atoms with Crippen LogP contribution in [0.4, 0.5) is 0 Å². The number of nitrogens with zero attached hydrogens (tertiary/aromatic N) is 1. The van der Waals surface area contributed by atoms with Gasteiger partial charge in [0.1, 0.15) is 0 Å². The first-order chi connectivity index (χ1) is 14.3. The summed E-state index contributed by atoms with van der Waals surface area (Å²) in [4.78, 5) is 18.1. The number of carbonyl (C=O) groups excluding carboxylic acids is 1. The van der Waals surface area contributed by atoms with Crippen LogP contribution in [0.5, 0.6) is 0 Å². The normalized spacial score (nSPS) is 11.4. The van der Waals surface area contributed by atoms with Gasteiger partial charge < -0.3 is 5.32 Å². The zero-order valence-corrected chi connectivity index (χ0v) is 19.2. The lowest BCUT2D eigenvalue weighted by Gasteiger charge is -2.11. The fraction of sp³-hybridized carbons (Fsp3) is 0.238. The minimum absolute atomic E-state index is 0.107. The molecule has 30 heavy (non-hydrogen) atoms. The van der Waals surface area contributed by atoms with Gasteiger partial charge in [-0.3, -0.25) is 4.79 Å². The number of aromatic nitrogens is 1. The molecule has 6 nitrogen and oxygen atoms in total. The van der Waals surface area contributed by atoms with Gasteiger partial charge in [-0.2, -0.15) is 0 Å². The van der Waals surface area contributed by atoms with E-state index in [4.69, 9.17) is 0 Å². The minimum atomic E-state index is -3.60. The van der Waals surface area contributed by atoms with E-state index < -0.39 is 10.0 Å². The molecule has 0 aliphatic rings. The Morgan fingerprint density at radius 3 is 2.50 bits per heavy atom. The molecular weight excluding hydrogens is 438 g/mol. The number of aryl methyl sites for hydroxylation is 2. The molecule has 9 heteroatoms. The molecule has 0 saturated heterocycles. The first-order valence-corrected chi connectivity index (χ1v) is 12.7. The lowest BCUT2D eigenvalue weighted by Crippen LogP contribution is -2.34. The zero-order valence-electron chi connectivity index (χ0n) is 16.7. The summed E-state index contributed by atoms with van der Waals surface area (Å²) in [7, 11) is -3.60. The fourth-order valence-electron chi connectivity index (χ4n) is 2.66. The maximum absolute atomic E-state index is 12.6. The van der Waals surface area contributed by atoms with Crippen molar-refractivity contribution in [2.24, 2.45) is 0 Å². The maximum atomic E-state index is 12.6. The Hall–Kier alpha value is -2.20. The van der Waals surface area contributed by atoms with Crippen LogP contribution in [0.3, 0.4) is 0 Å². The number of hydrogen-bond donors (Lipinski definition) is 2. The van der Waals surface area contributed by atoms with Gasteiger partial charge in [0.05, 0.1) is 21.2 Å². The second kappa shape index (κ2) is 10.2. The summed E-state index contributed by atoms with van der Waals surface area (Å²) in [5.41, 5.74) is 2.54. The molecule has 0 unspecified atom stereocenters. The standard InChI is InChI=1S/C21H23N3O3S3/c1-15-7-9-18(10-8-15)30(26,27)23-12-11-22-21(25)19-5-3-4-6-20(19)29-14-17-13-28-16(2)24-17/h3-10,13,23H,11-12,14H2,1-2H3,(H,22,25). The van der Waals surface area contributed by atoms with Crippen LogP contribution in [0, 0.1) is 13.8 Å². The average Bonchev–Trinajstić information content (AvgIpc) is 3.15. The van der Waals surface area contributed by atoms with Crippen LogP contribution < -0.4 is 10.0 Å². The van der Waals surface area contributed by atoms with Crippen LogP contribution in [0.2, 0.25) is 0 Å². The average molecular weight is 462 g/mol. The third-order valence-corrected chi connectivity index (χ3v) is 7.61. The van der Waals surface area contributed by atoms with E-state index in [1.165, 1.54) is 0 Å². The van der Waals surface area contributed by atoms with Crippen molar-refractivity contribution in [3.63, 3.8) is 0 Å². The molecule has 0 bridgehead atoms. The van der Waals surface area contributed by atoms with E-state index in [1.54, 1.807) is 53.4 Å². The van der Waals surface area contributed by atoms with Gasteiger partial charge in [-0.15, -0.1) is 23.1 Å². The highest BCUT2D eigenvalue weighted by Crippen LogP contribution is 2.26. The van der Waals surface area contributed by atoms with Gasteiger partial charge in [0, 0.05) is 29.1 Å². The van der Waals surface area contributed by atoms with Crippen molar-refractivity contribution in [3.8, 4) is 0 Å².